The van der Waals surface area contributed by atoms with Crippen LogP contribution in [0, 0.1) is 0 Å². The molecule has 3 rings (SSSR count). The van der Waals surface area contributed by atoms with E-state index in [0.29, 0.717) is 22.4 Å². The Hall–Kier alpha value is -3.22. The van der Waals surface area contributed by atoms with E-state index in [1.807, 2.05) is 19.1 Å². The number of fused-ring (bicyclic) bond motifs is 1. The van der Waals surface area contributed by atoms with Gasteiger partial charge in [0.1, 0.15) is 23.6 Å². The number of methoxy groups -OCH3 is 2. The highest BCUT2D eigenvalue weighted by atomic mass is 16.5. The second-order valence-corrected chi connectivity index (χ2v) is 6.32. The zero-order valence-electron chi connectivity index (χ0n) is 15.5. The van der Waals surface area contributed by atoms with Crippen LogP contribution < -0.4 is 15.0 Å². The Balaban J connectivity index is 1.76. The summed E-state index contributed by atoms with van der Waals surface area (Å²) in [4.78, 5) is 25.0. The van der Waals surface area contributed by atoms with Crippen LogP contribution in [0.25, 0.3) is 10.9 Å². The van der Waals surface area contributed by atoms with Gasteiger partial charge in [0.2, 0.25) is 0 Å². The van der Waals surface area contributed by atoms with E-state index in [1.54, 1.807) is 44.6 Å². The molecule has 0 bridgehead atoms. The Kier molecular flexibility index (Phi) is 5.49. The highest BCUT2D eigenvalue weighted by molar-refractivity contribution is 5.80. The van der Waals surface area contributed by atoms with Crippen molar-refractivity contribution in [3.8, 4) is 11.5 Å². The normalized spacial score (nSPS) is 12.0. The third-order valence-electron chi connectivity index (χ3n) is 4.46. The summed E-state index contributed by atoms with van der Waals surface area (Å²) < 4.78 is 11.7. The van der Waals surface area contributed by atoms with Gasteiger partial charge in [0.25, 0.3) is 5.56 Å². The van der Waals surface area contributed by atoms with Crippen molar-refractivity contribution in [3.63, 3.8) is 0 Å². The minimum atomic E-state index is -0.316. The maximum atomic E-state index is 12.5. The van der Waals surface area contributed by atoms with Gasteiger partial charge in [-0.1, -0.05) is 30.3 Å². The van der Waals surface area contributed by atoms with E-state index < -0.39 is 0 Å². The highest BCUT2D eigenvalue weighted by Crippen LogP contribution is 2.32. The lowest BCUT2D eigenvalue weighted by Crippen LogP contribution is -2.28. The van der Waals surface area contributed by atoms with Crippen LogP contribution >= 0.6 is 0 Å². The van der Waals surface area contributed by atoms with Crippen molar-refractivity contribution in [1.82, 2.24) is 15.0 Å². The molecular formula is C20H21N3O4. The first-order valence-electron chi connectivity index (χ1n) is 8.59. The quantitative estimate of drug-likeness (QED) is 0.638. The summed E-state index contributed by atoms with van der Waals surface area (Å²) in [6.07, 6.45) is 0.254. The molecule has 0 aliphatic carbocycles. The van der Waals surface area contributed by atoms with Gasteiger partial charge in [-0.15, -0.1) is 5.10 Å². The fourth-order valence-corrected chi connectivity index (χ4v) is 3.04. The molecule has 0 fully saturated rings. The molecule has 0 unspecified atom stereocenters. The number of nitrogens with zero attached hydrogens (tertiary/aromatic N) is 3. The smallest absolute Gasteiger partial charge is 0.278 e. The van der Waals surface area contributed by atoms with Crippen LogP contribution in [0.4, 0.5) is 0 Å². The van der Waals surface area contributed by atoms with Crippen molar-refractivity contribution < 1.29 is 14.3 Å². The van der Waals surface area contributed by atoms with Gasteiger partial charge in [-0.2, -0.15) is 0 Å². The number of hydrogen-bond donors (Lipinski definition) is 0. The summed E-state index contributed by atoms with van der Waals surface area (Å²) in [5.41, 5.74) is 1.11. The largest absolute Gasteiger partial charge is 0.497 e. The van der Waals surface area contributed by atoms with Crippen LogP contribution in [-0.4, -0.2) is 35.0 Å². The molecule has 7 heteroatoms. The number of ether oxygens (including phenoxy) is 2. The molecule has 27 heavy (non-hydrogen) atoms. The van der Waals surface area contributed by atoms with Crippen molar-refractivity contribution in [1.29, 1.82) is 0 Å². The third kappa shape index (κ3) is 3.97. The van der Waals surface area contributed by atoms with Gasteiger partial charge in [-0.25, -0.2) is 4.68 Å². The molecule has 0 N–H and O–H groups in total. The molecule has 3 aromatic rings. The summed E-state index contributed by atoms with van der Waals surface area (Å²) in [5.74, 6) is 1.17. The van der Waals surface area contributed by atoms with Crippen LogP contribution in [0.1, 0.15) is 24.8 Å². The Bertz CT molecular complexity index is 1030. The second kappa shape index (κ2) is 7.99. The van der Waals surface area contributed by atoms with Crippen LogP contribution in [-0.2, 0) is 11.3 Å². The monoisotopic (exact) mass is 367 g/mol. The fraction of sp³-hybridized carbons (Fsp3) is 0.300. The first kappa shape index (κ1) is 18.6. The van der Waals surface area contributed by atoms with Crippen molar-refractivity contribution in [2.75, 3.05) is 14.2 Å². The van der Waals surface area contributed by atoms with E-state index in [0.717, 1.165) is 10.2 Å². The van der Waals surface area contributed by atoms with Gasteiger partial charge in [-0.05, 0) is 29.7 Å². The molecule has 0 spiro atoms. The third-order valence-corrected chi connectivity index (χ3v) is 4.46. The van der Waals surface area contributed by atoms with Crippen LogP contribution in [0.15, 0.2) is 47.3 Å². The summed E-state index contributed by atoms with van der Waals surface area (Å²) >= 11 is 0. The first-order chi connectivity index (χ1) is 13.0. The maximum absolute atomic E-state index is 12.5. The number of carbonyl (C=O) groups is 1. The van der Waals surface area contributed by atoms with Gasteiger partial charge in [0, 0.05) is 12.5 Å². The summed E-state index contributed by atoms with van der Waals surface area (Å²) in [6.45, 7) is 1.83. The van der Waals surface area contributed by atoms with E-state index in [4.69, 9.17) is 9.47 Å². The molecule has 7 nitrogen and oxygen atoms in total. The SMILES string of the molecule is COc1ccc([C@H](C)CC(=O)Cn2nnc3ccccc3c2=O)c(OC)c1. The Morgan fingerprint density at radius 3 is 2.67 bits per heavy atom. The number of Topliss-reactive ketones (excluding diaryl/α,β-unsaturated/α-hetero) is 1. The lowest BCUT2D eigenvalue weighted by Gasteiger charge is -2.16. The molecule has 1 atom stereocenters. The Labute approximate surface area is 156 Å². The Morgan fingerprint density at radius 1 is 1.15 bits per heavy atom. The predicted octanol–water partition coefficient (Wildman–Crippen LogP) is 2.57. The molecule has 0 amide bonds. The molecule has 0 saturated carbocycles. The zero-order valence-corrected chi connectivity index (χ0v) is 15.5. The molecule has 0 aliphatic rings. The van der Waals surface area contributed by atoms with Gasteiger partial charge in [-0.3, -0.25) is 9.59 Å². The number of hydrogen-bond acceptors (Lipinski definition) is 6. The number of rotatable bonds is 7. The fourth-order valence-electron chi connectivity index (χ4n) is 3.04. The second-order valence-electron chi connectivity index (χ2n) is 6.32. The van der Waals surface area contributed by atoms with Crippen molar-refractivity contribution in [2.45, 2.75) is 25.8 Å². The average Bonchev–Trinajstić information content (AvgIpc) is 2.69. The lowest BCUT2D eigenvalue weighted by atomic mass is 9.94. The minimum Gasteiger partial charge on any atom is -0.497 e. The molecule has 1 aromatic heterocycles. The van der Waals surface area contributed by atoms with Gasteiger partial charge in [0.15, 0.2) is 5.78 Å². The number of benzene rings is 2. The molecule has 0 saturated heterocycles. The number of carbonyl (C=O) groups excluding carboxylic acids is 1. The molecular weight excluding hydrogens is 346 g/mol. The van der Waals surface area contributed by atoms with Crippen molar-refractivity contribution in [3.05, 3.63) is 58.4 Å². The Morgan fingerprint density at radius 2 is 1.93 bits per heavy atom. The summed E-state index contributed by atoms with van der Waals surface area (Å²) in [7, 11) is 3.17. The zero-order chi connectivity index (χ0) is 19.4. The van der Waals surface area contributed by atoms with E-state index in [2.05, 4.69) is 10.3 Å². The maximum Gasteiger partial charge on any atom is 0.278 e. The topological polar surface area (TPSA) is 83.3 Å². The number of aromatic nitrogens is 3. The number of ketones is 1. The molecule has 0 aliphatic heterocycles. The van der Waals surface area contributed by atoms with Gasteiger partial charge in [0.05, 0.1) is 19.6 Å². The first-order valence-corrected chi connectivity index (χ1v) is 8.59. The molecule has 0 radical (unpaired) electrons. The van der Waals surface area contributed by atoms with E-state index in [-0.39, 0.29) is 30.2 Å². The minimum absolute atomic E-state index is 0.0810. The van der Waals surface area contributed by atoms with Gasteiger partial charge >= 0.3 is 0 Å². The van der Waals surface area contributed by atoms with Crippen molar-refractivity contribution in [2.24, 2.45) is 0 Å². The van der Waals surface area contributed by atoms with E-state index in [1.165, 1.54) is 0 Å². The summed E-state index contributed by atoms with van der Waals surface area (Å²) in [5, 5.41) is 8.33. The molecule has 2 aromatic carbocycles. The van der Waals surface area contributed by atoms with E-state index in [9.17, 15) is 9.59 Å². The van der Waals surface area contributed by atoms with Crippen LogP contribution in [0.3, 0.4) is 0 Å². The predicted molar refractivity (Wildman–Crippen MR) is 101 cm³/mol. The molecule has 1 heterocycles. The standard InChI is InChI=1S/C20H21N3O4/c1-13(16-9-8-15(26-2)11-19(16)27-3)10-14(24)12-23-20(25)17-6-4-5-7-18(17)21-22-23/h4-9,11,13H,10,12H2,1-3H3/t13-/m1/s1. The van der Waals surface area contributed by atoms with Crippen LogP contribution in [0.2, 0.25) is 0 Å². The molecule has 140 valence electrons. The van der Waals surface area contributed by atoms with Crippen molar-refractivity contribution >= 4 is 16.7 Å². The van der Waals surface area contributed by atoms with E-state index >= 15 is 0 Å². The highest BCUT2D eigenvalue weighted by Gasteiger charge is 2.17. The average molecular weight is 367 g/mol. The van der Waals surface area contributed by atoms with Gasteiger partial charge < -0.3 is 9.47 Å². The van der Waals surface area contributed by atoms with Crippen LogP contribution in [0.5, 0.6) is 11.5 Å². The lowest BCUT2D eigenvalue weighted by molar-refractivity contribution is -0.120. The summed E-state index contributed by atoms with van der Waals surface area (Å²) in [6, 6.07) is 12.4.